The normalized spacial score (nSPS) is 12.5. The molecular formula is C14H17NO2S. The second-order valence-corrected chi connectivity index (χ2v) is 5.38. The largest absolute Gasteiger partial charge is 0.504 e. The Kier molecular flexibility index (Phi) is 4.23. The molecule has 3 nitrogen and oxygen atoms in total. The minimum Gasteiger partial charge on any atom is -0.504 e. The van der Waals surface area contributed by atoms with E-state index >= 15 is 0 Å². The van der Waals surface area contributed by atoms with Gasteiger partial charge < -0.3 is 15.5 Å². The Balaban J connectivity index is 1.89. The molecule has 0 aliphatic carbocycles. The summed E-state index contributed by atoms with van der Waals surface area (Å²) in [6.07, 6.45) is 0.969. The van der Waals surface area contributed by atoms with Gasteiger partial charge in [0.25, 0.3) is 0 Å². The fourth-order valence-electron chi connectivity index (χ4n) is 1.81. The van der Waals surface area contributed by atoms with Gasteiger partial charge in [0.2, 0.25) is 0 Å². The van der Waals surface area contributed by atoms with Crippen LogP contribution in [-0.4, -0.2) is 16.3 Å². The minimum absolute atomic E-state index is 0.0340. The average Bonchev–Trinajstić information content (AvgIpc) is 2.84. The van der Waals surface area contributed by atoms with Crippen molar-refractivity contribution in [3.8, 4) is 11.5 Å². The molecule has 1 atom stereocenters. The molecule has 3 N–H and O–H groups in total. The number of phenols is 2. The number of para-hydroxylation sites is 1. The van der Waals surface area contributed by atoms with Crippen LogP contribution in [0.15, 0.2) is 35.7 Å². The minimum atomic E-state index is -0.0693. The number of benzene rings is 1. The number of thiophene rings is 1. The standard InChI is InChI=1S/C14H17NO2S/c1-10(8-12-5-3-7-18-12)15-9-11-4-2-6-13(16)14(11)17/h2-7,10,15-17H,8-9H2,1H3. The number of rotatable bonds is 5. The molecule has 1 unspecified atom stereocenters. The van der Waals surface area contributed by atoms with Crippen molar-refractivity contribution in [1.82, 2.24) is 5.32 Å². The third-order valence-corrected chi connectivity index (χ3v) is 3.73. The predicted octanol–water partition coefficient (Wildman–Crippen LogP) is 2.88. The molecule has 18 heavy (non-hydrogen) atoms. The second-order valence-electron chi connectivity index (χ2n) is 4.35. The Morgan fingerprint density at radius 1 is 1.22 bits per heavy atom. The van der Waals surface area contributed by atoms with Crippen molar-refractivity contribution in [1.29, 1.82) is 0 Å². The summed E-state index contributed by atoms with van der Waals surface area (Å²) in [6, 6.07) is 9.51. The lowest BCUT2D eigenvalue weighted by atomic mass is 10.1. The smallest absolute Gasteiger partial charge is 0.161 e. The van der Waals surface area contributed by atoms with Crippen LogP contribution in [0.3, 0.4) is 0 Å². The lowest BCUT2D eigenvalue weighted by Crippen LogP contribution is -2.27. The van der Waals surface area contributed by atoms with Crippen molar-refractivity contribution in [2.24, 2.45) is 0 Å². The van der Waals surface area contributed by atoms with Gasteiger partial charge in [0.1, 0.15) is 0 Å². The van der Waals surface area contributed by atoms with E-state index in [4.69, 9.17) is 0 Å². The van der Waals surface area contributed by atoms with Gasteiger partial charge in [-0.25, -0.2) is 0 Å². The Labute approximate surface area is 111 Å². The SMILES string of the molecule is CC(Cc1cccs1)NCc1cccc(O)c1O. The highest BCUT2D eigenvalue weighted by molar-refractivity contribution is 7.09. The summed E-state index contributed by atoms with van der Waals surface area (Å²) in [5.74, 6) is -0.103. The maximum absolute atomic E-state index is 9.68. The number of hydrogen-bond donors (Lipinski definition) is 3. The van der Waals surface area contributed by atoms with Gasteiger partial charge in [0.15, 0.2) is 11.5 Å². The van der Waals surface area contributed by atoms with E-state index in [1.54, 1.807) is 23.5 Å². The zero-order chi connectivity index (χ0) is 13.0. The first kappa shape index (κ1) is 12.9. The topological polar surface area (TPSA) is 52.5 Å². The van der Waals surface area contributed by atoms with E-state index in [2.05, 4.69) is 23.7 Å². The molecule has 1 heterocycles. The summed E-state index contributed by atoms with van der Waals surface area (Å²) in [7, 11) is 0. The molecule has 0 saturated heterocycles. The van der Waals surface area contributed by atoms with Crippen LogP contribution in [0.4, 0.5) is 0 Å². The van der Waals surface area contributed by atoms with Crippen LogP contribution in [0.2, 0.25) is 0 Å². The molecule has 96 valence electrons. The van der Waals surface area contributed by atoms with Crippen molar-refractivity contribution < 1.29 is 10.2 Å². The quantitative estimate of drug-likeness (QED) is 0.727. The summed E-state index contributed by atoms with van der Waals surface area (Å²) in [6.45, 7) is 2.66. The van der Waals surface area contributed by atoms with Crippen molar-refractivity contribution in [3.63, 3.8) is 0 Å². The first-order valence-corrected chi connectivity index (χ1v) is 6.80. The van der Waals surface area contributed by atoms with Gasteiger partial charge in [-0.1, -0.05) is 18.2 Å². The van der Waals surface area contributed by atoms with Crippen LogP contribution < -0.4 is 5.32 Å². The summed E-state index contributed by atoms with van der Waals surface area (Å²) >= 11 is 1.75. The molecule has 0 aliphatic heterocycles. The van der Waals surface area contributed by atoms with Gasteiger partial charge >= 0.3 is 0 Å². The lowest BCUT2D eigenvalue weighted by molar-refractivity contribution is 0.396. The molecule has 4 heteroatoms. The van der Waals surface area contributed by atoms with Gasteiger partial charge in [-0.15, -0.1) is 11.3 Å². The predicted molar refractivity (Wildman–Crippen MR) is 74.1 cm³/mol. The first-order valence-electron chi connectivity index (χ1n) is 5.92. The molecular weight excluding hydrogens is 246 g/mol. The Hall–Kier alpha value is -1.52. The van der Waals surface area contributed by atoms with Crippen molar-refractivity contribution in [3.05, 3.63) is 46.2 Å². The van der Waals surface area contributed by atoms with Gasteiger partial charge in [-0.05, 0) is 30.9 Å². The van der Waals surface area contributed by atoms with Crippen molar-refractivity contribution >= 4 is 11.3 Å². The van der Waals surface area contributed by atoms with E-state index in [1.165, 1.54) is 10.9 Å². The fraction of sp³-hybridized carbons (Fsp3) is 0.286. The van der Waals surface area contributed by atoms with E-state index in [0.717, 1.165) is 6.42 Å². The highest BCUT2D eigenvalue weighted by atomic mass is 32.1. The van der Waals surface area contributed by atoms with Crippen LogP contribution >= 0.6 is 11.3 Å². The Bertz CT molecular complexity index is 497. The van der Waals surface area contributed by atoms with Crippen LogP contribution in [0.25, 0.3) is 0 Å². The Morgan fingerprint density at radius 2 is 2.06 bits per heavy atom. The highest BCUT2D eigenvalue weighted by Gasteiger charge is 2.08. The molecule has 1 aromatic heterocycles. The highest BCUT2D eigenvalue weighted by Crippen LogP contribution is 2.28. The molecule has 0 saturated carbocycles. The first-order chi connectivity index (χ1) is 8.66. The second kappa shape index (κ2) is 5.89. The molecule has 0 fully saturated rings. The number of nitrogens with one attached hydrogen (secondary N) is 1. The maximum atomic E-state index is 9.68. The third-order valence-electron chi connectivity index (χ3n) is 2.83. The molecule has 2 aromatic rings. The van der Waals surface area contributed by atoms with Crippen molar-refractivity contribution in [2.45, 2.75) is 25.9 Å². The monoisotopic (exact) mass is 263 g/mol. The van der Waals surface area contributed by atoms with E-state index < -0.39 is 0 Å². The van der Waals surface area contributed by atoms with E-state index in [0.29, 0.717) is 18.2 Å². The van der Waals surface area contributed by atoms with Crippen molar-refractivity contribution in [2.75, 3.05) is 0 Å². The molecule has 0 aliphatic rings. The van der Waals surface area contributed by atoms with Crippen LogP contribution in [-0.2, 0) is 13.0 Å². The molecule has 0 bridgehead atoms. The number of aromatic hydroxyl groups is 2. The summed E-state index contributed by atoms with van der Waals surface area (Å²) in [5, 5.41) is 24.5. The molecule has 0 amide bonds. The zero-order valence-corrected chi connectivity index (χ0v) is 11.1. The van der Waals surface area contributed by atoms with E-state index in [-0.39, 0.29) is 11.5 Å². The van der Waals surface area contributed by atoms with Gasteiger partial charge in [-0.3, -0.25) is 0 Å². The van der Waals surface area contributed by atoms with Gasteiger partial charge in [0.05, 0.1) is 0 Å². The average molecular weight is 263 g/mol. The molecule has 1 aromatic carbocycles. The molecule has 0 spiro atoms. The fourth-order valence-corrected chi connectivity index (χ4v) is 2.64. The van der Waals surface area contributed by atoms with Crippen LogP contribution in [0.5, 0.6) is 11.5 Å². The molecule has 2 rings (SSSR count). The summed E-state index contributed by atoms with van der Waals surface area (Å²) in [4.78, 5) is 1.34. The van der Waals surface area contributed by atoms with Crippen LogP contribution in [0, 0.1) is 0 Å². The molecule has 0 radical (unpaired) electrons. The summed E-state index contributed by atoms with van der Waals surface area (Å²) < 4.78 is 0. The zero-order valence-electron chi connectivity index (χ0n) is 10.3. The third kappa shape index (κ3) is 3.24. The number of hydrogen-bond acceptors (Lipinski definition) is 4. The van der Waals surface area contributed by atoms with Crippen LogP contribution in [0.1, 0.15) is 17.4 Å². The Morgan fingerprint density at radius 3 is 2.78 bits per heavy atom. The van der Waals surface area contributed by atoms with Gasteiger partial charge in [0, 0.05) is 23.0 Å². The summed E-state index contributed by atoms with van der Waals surface area (Å²) in [5.41, 5.74) is 0.716. The van der Waals surface area contributed by atoms with Gasteiger partial charge in [-0.2, -0.15) is 0 Å². The maximum Gasteiger partial charge on any atom is 0.161 e. The number of phenolic OH excluding ortho intramolecular Hbond substituents is 2. The van der Waals surface area contributed by atoms with E-state index in [9.17, 15) is 10.2 Å². The lowest BCUT2D eigenvalue weighted by Gasteiger charge is -2.14. The van der Waals surface area contributed by atoms with E-state index in [1.807, 2.05) is 6.07 Å².